The van der Waals surface area contributed by atoms with Gasteiger partial charge >= 0.3 is 0 Å². The van der Waals surface area contributed by atoms with E-state index < -0.39 is 0 Å². The van der Waals surface area contributed by atoms with Crippen LogP contribution in [0.25, 0.3) is 0 Å². The van der Waals surface area contributed by atoms with Crippen LogP contribution in [0.5, 0.6) is 5.75 Å². The number of aryl methyl sites for hydroxylation is 1. The minimum absolute atomic E-state index is 0.0689. The monoisotopic (exact) mass is 361 g/mol. The van der Waals surface area contributed by atoms with Gasteiger partial charge in [-0.3, -0.25) is 24.1 Å². The SMILES string of the molecule is Cc1cc(OC2CCN(C(=O)CN3C(=O)CCC3=O)CC2)cc(=O)n1C. The number of nitrogens with zero attached hydrogens (tertiary/aromatic N) is 3. The molecule has 2 fully saturated rings. The van der Waals surface area contributed by atoms with Crippen LogP contribution in [0.4, 0.5) is 0 Å². The lowest BCUT2D eigenvalue weighted by Crippen LogP contribution is -2.47. The first-order chi connectivity index (χ1) is 12.3. The van der Waals surface area contributed by atoms with E-state index in [1.807, 2.05) is 13.0 Å². The van der Waals surface area contributed by atoms with Gasteiger partial charge in [0, 0.05) is 57.6 Å². The summed E-state index contributed by atoms with van der Waals surface area (Å²) < 4.78 is 7.45. The molecule has 26 heavy (non-hydrogen) atoms. The second-order valence-corrected chi connectivity index (χ2v) is 6.80. The number of rotatable bonds is 4. The van der Waals surface area contributed by atoms with E-state index in [1.54, 1.807) is 16.5 Å². The molecule has 0 N–H and O–H groups in total. The van der Waals surface area contributed by atoms with Crippen molar-refractivity contribution in [2.24, 2.45) is 7.05 Å². The predicted molar refractivity (Wildman–Crippen MR) is 92.6 cm³/mol. The van der Waals surface area contributed by atoms with Crippen molar-refractivity contribution in [1.82, 2.24) is 14.4 Å². The van der Waals surface area contributed by atoms with Crippen LogP contribution in [0.15, 0.2) is 16.9 Å². The smallest absolute Gasteiger partial charge is 0.254 e. The number of ether oxygens (including phenoxy) is 1. The Hall–Kier alpha value is -2.64. The Kier molecular flexibility index (Phi) is 5.11. The summed E-state index contributed by atoms with van der Waals surface area (Å²) in [6.45, 7) is 2.68. The van der Waals surface area contributed by atoms with Crippen LogP contribution in [0.3, 0.4) is 0 Å². The van der Waals surface area contributed by atoms with E-state index in [4.69, 9.17) is 4.74 Å². The number of hydrogen-bond acceptors (Lipinski definition) is 5. The van der Waals surface area contributed by atoms with Gasteiger partial charge in [0.1, 0.15) is 18.4 Å². The van der Waals surface area contributed by atoms with Crippen molar-refractivity contribution in [3.8, 4) is 5.75 Å². The standard InChI is InChI=1S/C18H23N3O5/c1-12-9-14(10-17(24)19(12)2)26-13-5-7-20(8-6-13)18(25)11-21-15(22)3-4-16(21)23/h9-10,13H,3-8,11H2,1-2H3. The third kappa shape index (κ3) is 3.79. The average Bonchev–Trinajstić information content (AvgIpc) is 2.92. The fraction of sp³-hybridized carbons (Fsp3) is 0.556. The Bertz CT molecular complexity index is 777. The maximum absolute atomic E-state index is 12.3. The Balaban J connectivity index is 1.52. The first kappa shape index (κ1) is 18.2. The largest absolute Gasteiger partial charge is 0.490 e. The molecule has 1 aromatic heterocycles. The normalized spacial score (nSPS) is 18.5. The highest BCUT2D eigenvalue weighted by atomic mass is 16.5. The van der Waals surface area contributed by atoms with Gasteiger partial charge in [-0.15, -0.1) is 0 Å². The molecule has 0 spiro atoms. The minimum Gasteiger partial charge on any atom is -0.490 e. The summed E-state index contributed by atoms with van der Waals surface area (Å²) in [6, 6.07) is 3.29. The molecular weight excluding hydrogens is 338 g/mol. The molecule has 8 heteroatoms. The zero-order chi connectivity index (χ0) is 18.8. The van der Waals surface area contributed by atoms with Crippen LogP contribution >= 0.6 is 0 Å². The molecule has 8 nitrogen and oxygen atoms in total. The molecule has 2 saturated heterocycles. The topological polar surface area (TPSA) is 88.9 Å². The van der Waals surface area contributed by atoms with Gasteiger partial charge in [-0.25, -0.2) is 0 Å². The third-order valence-corrected chi connectivity index (χ3v) is 5.02. The number of carbonyl (C=O) groups excluding carboxylic acids is 3. The van der Waals surface area contributed by atoms with Crippen LogP contribution in [-0.2, 0) is 21.4 Å². The molecule has 0 aliphatic carbocycles. The van der Waals surface area contributed by atoms with Crippen molar-refractivity contribution in [3.63, 3.8) is 0 Å². The quantitative estimate of drug-likeness (QED) is 0.716. The molecule has 3 heterocycles. The number of imide groups is 1. The van der Waals surface area contributed by atoms with E-state index in [0.717, 1.165) is 10.6 Å². The lowest BCUT2D eigenvalue weighted by Gasteiger charge is -2.33. The highest BCUT2D eigenvalue weighted by Gasteiger charge is 2.33. The van der Waals surface area contributed by atoms with Gasteiger partial charge in [0.15, 0.2) is 0 Å². The molecule has 3 amide bonds. The number of amides is 3. The molecule has 0 bridgehead atoms. The maximum Gasteiger partial charge on any atom is 0.254 e. The third-order valence-electron chi connectivity index (χ3n) is 5.02. The number of likely N-dealkylation sites (tertiary alicyclic amines) is 2. The van der Waals surface area contributed by atoms with Crippen LogP contribution < -0.4 is 10.3 Å². The predicted octanol–water partition coefficient (Wildman–Crippen LogP) is 0.213. The zero-order valence-electron chi connectivity index (χ0n) is 15.1. The Labute approximate surface area is 151 Å². The van der Waals surface area contributed by atoms with Crippen molar-refractivity contribution in [2.45, 2.75) is 38.7 Å². The number of piperidine rings is 1. The van der Waals surface area contributed by atoms with E-state index in [1.165, 1.54) is 6.07 Å². The fourth-order valence-corrected chi connectivity index (χ4v) is 3.25. The second kappa shape index (κ2) is 7.31. The van der Waals surface area contributed by atoms with Gasteiger partial charge in [0.05, 0.1) is 0 Å². The summed E-state index contributed by atoms with van der Waals surface area (Å²) in [4.78, 5) is 50.1. The first-order valence-electron chi connectivity index (χ1n) is 8.80. The zero-order valence-corrected chi connectivity index (χ0v) is 15.1. The van der Waals surface area contributed by atoms with Crippen molar-refractivity contribution >= 4 is 17.7 Å². The maximum atomic E-state index is 12.3. The summed E-state index contributed by atoms with van der Waals surface area (Å²) >= 11 is 0. The number of pyridine rings is 1. The lowest BCUT2D eigenvalue weighted by atomic mass is 10.1. The molecule has 0 aromatic carbocycles. The van der Waals surface area contributed by atoms with E-state index in [-0.39, 0.29) is 48.8 Å². The Morgan fingerprint density at radius 2 is 1.73 bits per heavy atom. The van der Waals surface area contributed by atoms with Gasteiger partial charge in [0.25, 0.3) is 5.56 Å². The van der Waals surface area contributed by atoms with E-state index in [2.05, 4.69) is 0 Å². The molecular formula is C18H23N3O5. The van der Waals surface area contributed by atoms with E-state index in [9.17, 15) is 19.2 Å². The van der Waals surface area contributed by atoms with Crippen LogP contribution in [0.2, 0.25) is 0 Å². The van der Waals surface area contributed by atoms with Crippen molar-refractivity contribution in [1.29, 1.82) is 0 Å². The molecule has 3 rings (SSSR count). The number of aromatic nitrogens is 1. The Morgan fingerprint density at radius 3 is 2.31 bits per heavy atom. The summed E-state index contributed by atoms with van der Waals surface area (Å²) in [7, 11) is 1.71. The van der Waals surface area contributed by atoms with Crippen molar-refractivity contribution in [3.05, 3.63) is 28.2 Å². The minimum atomic E-state index is -0.275. The summed E-state index contributed by atoms with van der Waals surface area (Å²) in [6.07, 6.45) is 1.60. The molecule has 140 valence electrons. The summed E-state index contributed by atoms with van der Waals surface area (Å²) in [5.41, 5.74) is 0.702. The first-order valence-corrected chi connectivity index (χ1v) is 8.80. The van der Waals surface area contributed by atoms with Crippen LogP contribution in [-0.4, -0.2) is 57.8 Å². The van der Waals surface area contributed by atoms with Crippen LogP contribution in [0.1, 0.15) is 31.4 Å². The van der Waals surface area contributed by atoms with Crippen molar-refractivity contribution in [2.75, 3.05) is 19.6 Å². The Morgan fingerprint density at radius 1 is 1.12 bits per heavy atom. The number of hydrogen-bond donors (Lipinski definition) is 0. The molecule has 2 aliphatic heterocycles. The molecule has 0 atom stereocenters. The van der Waals surface area contributed by atoms with Gasteiger partial charge in [0.2, 0.25) is 17.7 Å². The molecule has 0 saturated carbocycles. The lowest BCUT2D eigenvalue weighted by molar-refractivity contribution is -0.146. The van der Waals surface area contributed by atoms with E-state index >= 15 is 0 Å². The second-order valence-electron chi connectivity index (χ2n) is 6.80. The highest BCUT2D eigenvalue weighted by Crippen LogP contribution is 2.19. The van der Waals surface area contributed by atoms with Crippen LogP contribution in [0, 0.1) is 6.92 Å². The summed E-state index contributed by atoms with van der Waals surface area (Å²) in [5.74, 6) is -0.217. The average molecular weight is 361 g/mol. The fourth-order valence-electron chi connectivity index (χ4n) is 3.25. The van der Waals surface area contributed by atoms with Gasteiger partial charge < -0.3 is 14.2 Å². The molecule has 0 radical (unpaired) electrons. The van der Waals surface area contributed by atoms with Gasteiger partial charge in [-0.1, -0.05) is 0 Å². The molecule has 1 aromatic rings. The highest BCUT2D eigenvalue weighted by molar-refractivity contribution is 6.04. The number of carbonyl (C=O) groups is 3. The van der Waals surface area contributed by atoms with Crippen molar-refractivity contribution < 1.29 is 19.1 Å². The molecule has 0 unspecified atom stereocenters. The summed E-state index contributed by atoms with van der Waals surface area (Å²) in [5, 5.41) is 0. The molecule has 2 aliphatic rings. The van der Waals surface area contributed by atoms with Gasteiger partial charge in [-0.05, 0) is 13.0 Å². The van der Waals surface area contributed by atoms with Gasteiger partial charge in [-0.2, -0.15) is 0 Å². The van der Waals surface area contributed by atoms with E-state index in [0.29, 0.717) is 31.7 Å².